The number of carbonyl (C=O) groups is 1. The molecule has 0 spiro atoms. The molecule has 0 aromatic rings. The molecule has 1 amide bonds. The molecule has 4 nitrogen and oxygen atoms in total. The van der Waals surface area contributed by atoms with Gasteiger partial charge in [-0.1, -0.05) is 0 Å². The Labute approximate surface area is 97.3 Å². The van der Waals surface area contributed by atoms with Gasteiger partial charge >= 0.3 is 0 Å². The van der Waals surface area contributed by atoms with Crippen LogP contribution in [-0.2, 0) is 9.53 Å². The van der Waals surface area contributed by atoms with Crippen LogP contribution in [0.4, 0.5) is 0 Å². The van der Waals surface area contributed by atoms with Gasteiger partial charge in [-0.2, -0.15) is 0 Å². The van der Waals surface area contributed by atoms with Crippen molar-refractivity contribution in [2.45, 2.75) is 44.2 Å². The van der Waals surface area contributed by atoms with Crippen LogP contribution < -0.4 is 11.1 Å². The molecule has 0 heterocycles. The van der Waals surface area contributed by atoms with Gasteiger partial charge < -0.3 is 15.8 Å². The lowest BCUT2D eigenvalue weighted by molar-refractivity contribution is -0.122. The van der Waals surface area contributed by atoms with Gasteiger partial charge in [0.2, 0.25) is 5.91 Å². The van der Waals surface area contributed by atoms with Gasteiger partial charge in [0.05, 0.1) is 6.61 Å². The summed E-state index contributed by atoms with van der Waals surface area (Å²) in [4.78, 5) is 11.3. The van der Waals surface area contributed by atoms with Crippen LogP contribution in [0, 0.1) is 0 Å². The Bertz CT molecular complexity index is 182. The number of nitrogens with one attached hydrogen (secondary N) is 1. The highest BCUT2D eigenvalue weighted by Crippen LogP contribution is 2.16. The standard InChI is InChI=1S/C10H20N2O2.ClH/c1-14-7-6-10(13)12-9-4-2-8(11)3-5-9;/h8-9H,2-7,11H2,1H3,(H,12,13);1H. The molecule has 0 atom stereocenters. The van der Waals surface area contributed by atoms with Crippen molar-refractivity contribution in [2.24, 2.45) is 5.73 Å². The Hall–Kier alpha value is -0.320. The van der Waals surface area contributed by atoms with Crippen LogP contribution in [0.2, 0.25) is 0 Å². The predicted molar refractivity (Wildman–Crippen MR) is 62.1 cm³/mol. The van der Waals surface area contributed by atoms with Crippen LogP contribution >= 0.6 is 12.4 Å². The summed E-state index contributed by atoms with van der Waals surface area (Å²) in [5.74, 6) is 0.0901. The van der Waals surface area contributed by atoms with E-state index in [4.69, 9.17) is 10.5 Å². The average molecular weight is 237 g/mol. The number of amides is 1. The van der Waals surface area contributed by atoms with Crippen LogP contribution in [0.1, 0.15) is 32.1 Å². The van der Waals surface area contributed by atoms with E-state index in [1.54, 1.807) is 7.11 Å². The summed E-state index contributed by atoms with van der Waals surface area (Å²) in [5.41, 5.74) is 5.78. The number of halogens is 1. The fraction of sp³-hybridized carbons (Fsp3) is 0.900. The molecular weight excluding hydrogens is 216 g/mol. The predicted octanol–water partition coefficient (Wildman–Crippen LogP) is 0.831. The van der Waals surface area contributed by atoms with Gasteiger partial charge in [0.15, 0.2) is 0 Å². The molecule has 1 aliphatic carbocycles. The van der Waals surface area contributed by atoms with Gasteiger partial charge in [0.1, 0.15) is 0 Å². The van der Waals surface area contributed by atoms with Gasteiger partial charge in [-0.25, -0.2) is 0 Å². The Kier molecular flexibility index (Phi) is 7.74. The van der Waals surface area contributed by atoms with Crippen molar-refractivity contribution < 1.29 is 9.53 Å². The molecule has 1 aliphatic rings. The average Bonchev–Trinajstić information content (AvgIpc) is 2.18. The number of rotatable bonds is 4. The van der Waals surface area contributed by atoms with E-state index >= 15 is 0 Å². The van der Waals surface area contributed by atoms with Crippen molar-refractivity contribution >= 4 is 18.3 Å². The van der Waals surface area contributed by atoms with Gasteiger partial charge in [-0.15, -0.1) is 12.4 Å². The summed E-state index contributed by atoms with van der Waals surface area (Å²) < 4.78 is 4.84. The van der Waals surface area contributed by atoms with Crippen molar-refractivity contribution in [3.05, 3.63) is 0 Å². The third-order valence-electron chi connectivity index (χ3n) is 2.67. The van der Waals surface area contributed by atoms with E-state index in [-0.39, 0.29) is 18.3 Å². The number of ether oxygens (including phenoxy) is 1. The fourth-order valence-electron chi connectivity index (χ4n) is 1.76. The summed E-state index contributed by atoms with van der Waals surface area (Å²) in [6.07, 6.45) is 4.53. The number of nitrogens with two attached hydrogens (primary N) is 1. The van der Waals surface area contributed by atoms with E-state index in [2.05, 4.69) is 5.32 Å². The van der Waals surface area contributed by atoms with Crippen molar-refractivity contribution in [3.63, 3.8) is 0 Å². The topological polar surface area (TPSA) is 64.3 Å². The number of hydrogen-bond acceptors (Lipinski definition) is 3. The zero-order valence-electron chi connectivity index (χ0n) is 9.20. The maximum absolute atomic E-state index is 11.3. The lowest BCUT2D eigenvalue weighted by atomic mass is 9.92. The quantitative estimate of drug-likeness (QED) is 0.760. The second-order valence-corrected chi connectivity index (χ2v) is 3.92. The van der Waals surface area contributed by atoms with E-state index in [9.17, 15) is 4.79 Å². The molecule has 3 N–H and O–H groups in total. The molecule has 1 rings (SSSR count). The first-order chi connectivity index (χ1) is 6.72. The van der Waals surface area contributed by atoms with E-state index < -0.39 is 0 Å². The summed E-state index contributed by atoms with van der Waals surface area (Å²) in [6.45, 7) is 0.498. The van der Waals surface area contributed by atoms with Gasteiger partial charge in [-0.3, -0.25) is 4.79 Å². The molecule has 1 saturated carbocycles. The third kappa shape index (κ3) is 5.97. The molecule has 15 heavy (non-hydrogen) atoms. The minimum atomic E-state index is 0. The SMILES string of the molecule is COCCC(=O)NC1CCC(N)CC1.Cl. The summed E-state index contributed by atoms with van der Waals surface area (Å²) in [5, 5.41) is 3.00. The number of carbonyl (C=O) groups excluding carboxylic acids is 1. The van der Waals surface area contributed by atoms with Crippen LogP contribution in [-0.4, -0.2) is 31.7 Å². The fourth-order valence-corrected chi connectivity index (χ4v) is 1.76. The van der Waals surface area contributed by atoms with Crippen molar-refractivity contribution in [3.8, 4) is 0 Å². The van der Waals surface area contributed by atoms with E-state index in [1.807, 2.05) is 0 Å². The Balaban J connectivity index is 0.00000196. The highest BCUT2D eigenvalue weighted by atomic mass is 35.5. The van der Waals surface area contributed by atoms with Crippen molar-refractivity contribution in [1.82, 2.24) is 5.32 Å². The molecule has 90 valence electrons. The lowest BCUT2D eigenvalue weighted by Crippen LogP contribution is -2.40. The first kappa shape index (κ1) is 14.7. The molecule has 0 radical (unpaired) electrons. The minimum absolute atomic E-state index is 0. The van der Waals surface area contributed by atoms with E-state index in [1.165, 1.54) is 0 Å². The molecule has 0 unspecified atom stereocenters. The molecule has 1 fully saturated rings. The first-order valence-electron chi connectivity index (χ1n) is 5.26. The zero-order valence-corrected chi connectivity index (χ0v) is 10.0. The van der Waals surface area contributed by atoms with Crippen LogP contribution in [0.5, 0.6) is 0 Å². The highest BCUT2D eigenvalue weighted by Gasteiger charge is 2.19. The van der Waals surface area contributed by atoms with Crippen molar-refractivity contribution in [2.75, 3.05) is 13.7 Å². The Morgan fingerprint density at radius 3 is 2.53 bits per heavy atom. The molecule has 0 bridgehead atoms. The summed E-state index contributed by atoms with van der Waals surface area (Å²) in [7, 11) is 1.60. The second kappa shape index (κ2) is 7.91. The smallest absolute Gasteiger partial charge is 0.222 e. The number of methoxy groups -OCH3 is 1. The summed E-state index contributed by atoms with van der Waals surface area (Å²) >= 11 is 0. The minimum Gasteiger partial charge on any atom is -0.384 e. The summed E-state index contributed by atoms with van der Waals surface area (Å²) in [6, 6.07) is 0.668. The molecule has 0 saturated heterocycles. The molecule has 0 aromatic carbocycles. The van der Waals surface area contributed by atoms with Crippen LogP contribution in [0.15, 0.2) is 0 Å². The highest BCUT2D eigenvalue weighted by molar-refractivity contribution is 5.85. The number of hydrogen-bond donors (Lipinski definition) is 2. The normalized spacial score (nSPS) is 25.5. The van der Waals surface area contributed by atoms with Crippen LogP contribution in [0.3, 0.4) is 0 Å². The zero-order chi connectivity index (χ0) is 10.4. The molecule has 0 aliphatic heterocycles. The second-order valence-electron chi connectivity index (χ2n) is 3.92. The maximum atomic E-state index is 11.3. The third-order valence-corrected chi connectivity index (χ3v) is 2.67. The Morgan fingerprint density at radius 2 is 2.00 bits per heavy atom. The van der Waals surface area contributed by atoms with Gasteiger partial charge in [0.25, 0.3) is 0 Å². The maximum Gasteiger partial charge on any atom is 0.222 e. The Morgan fingerprint density at radius 1 is 1.40 bits per heavy atom. The molecule has 0 aromatic heterocycles. The molecular formula is C10H21ClN2O2. The van der Waals surface area contributed by atoms with Crippen LogP contribution in [0.25, 0.3) is 0 Å². The first-order valence-corrected chi connectivity index (χ1v) is 5.26. The van der Waals surface area contributed by atoms with Gasteiger partial charge in [-0.05, 0) is 25.7 Å². The van der Waals surface area contributed by atoms with Gasteiger partial charge in [0, 0.05) is 25.6 Å². The monoisotopic (exact) mass is 236 g/mol. The van der Waals surface area contributed by atoms with Crippen molar-refractivity contribution in [1.29, 1.82) is 0 Å². The van der Waals surface area contributed by atoms with E-state index in [0.717, 1.165) is 25.7 Å². The lowest BCUT2D eigenvalue weighted by Gasteiger charge is -2.26. The largest absolute Gasteiger partial charge is 0.384 e. The van der Waals surface area contributed by atoms with E-state index in [0.29, 0.717) is 25.1 Å². The molecule has 5 heteroatoms.